The van der Waals surface area contributed by atoms with Crippen LogP contribution in [0.1, 0.15) is 20.3 Å². The number of nitrogens with two attached hydrogens (primary N) is 1. The number of esters is 1. The Bertz CT molecular complexity index is 173. The van der Waals surface area contributed by atoms with E-state index in [0.717, 1.165) is 12.0 Å². The Morgan fingerprint density at radius 3 is 2.36 bits per heavy atom. The Morgan fingerprint density at radius 2 is 2.00 bits per heavy atom. The fraction of sp³-hybridized carbons (Fsp3) is 0.625. The van der Waals surface area contributed by atoms with Gasteiger partial charge in [-0.1, -0.05) is 5.57 Å². The average Bonchev–Trinajstić information content (AvgIpc) is 2.02. The summed E-state index contributed by atoms with van der Waals surface area (Å²) >= 11 is 0. The predicted molar refractivity (Wildman–Crippen MR) is 44.1 cm³/mol. The van der Waals surface area contributed by atoms with Crippen LogP contribution in [0.25, 0.3) is 0 Å². The lowest BCUT2D eigenvalue weighted by Gasteiger charge is -2.03. The lowest BCUT2D eigenvalue weighted by atomic mass is 10.1. The van der Waals surface area contributed by atoms with E-state index in [4.69, 9.17) is 5.73 Å². The van der Waals surface area contributed by atoms with Crippen molar-refractivity contribution in [2.75, 3.05) is 13.7 Å². The van der Waals surface area contributed by atoms with E-state index in [1.807, 2.05) is 6.92 Å². The predicted octanol–water partition coefficient (Wildman–Crippen LogP) is 0.845. The van der Waals surface area contributed by atoms with E-state index in [9.17, 15) is 4.79 Å². The van der Waals surface area contributed by atoms with Gasteiger partial charge in [-0.25, -0.2) is 4.79 Å². The third-order valence-corrected chi connectivity index (χ3v) is 1.65. The molecule has 64 valence electrons. The molecule has 0 aromatic rings. The van der Waals surface area contributed by atoms with Crippen molar-refractivity contribution in [1.82, 2.24) is 0 Å². The molecule has 3 heteroatoms. The molecule has 0 spiro atoms. The second-order valence-corrected chi connectivity index (χ2v) is 2.44. The summed E-state index contributed by atoms with van der Waals surface area (Å²) in [6, 6.07) is 0. The van der Waals surface area contributed by atoms with E-state index < -0.39 is 0 Å². The molecule has 0 aliphatic heterocycles. The fourth-order valence-corrected chi connectivity index (χ4v) is 0.731. The summed E-state index contributed by atoms with van der Waals surface area (Å²) in [5.74, 6) is -0.268. The van der Waals surface area contributed by atoms with Crippen molar-refractivity contribution >= 4 is 5.97 Å². The molecule has 0 aromatic carbocycles. The van der Waals surface area contributed by atoms with Crippen molar-refractivity contribution in [2.24, 2.45) is 5.73 Å². The van der Waals surface area contributed by atoms with Crippen molar-refractivity contribution in [3.05, 3.63) is 11.1 Å². The zero-order valence-electron chi connectivity index (χ0n) is 7.31. The van der Waals surface area contributed by atoms with Crippen LogP contribution in [0, 0.1) is 0 Å². The zero-order valence-corrected chi connectivity index (χ0v) is 7.31. The number of rotatable bonds is 3. The smallest absolute Gasteiger partial charge is 0.333 e. The van der Waals surface area contributed by atoms with E-state index in [2.05, 4.69) is 4.74 Å². The fourth-order valence-electron chi connectivity index (χ4n) is 0.731. The Morgan fingerprint density at radius 1 is 1.45 bits per heavy atom. The molecule has 3 nitrogen and oxygen atoms in total. The summed E-state index contributed by atoms with van der Waals surface area (Å²) < 4.78 is 4.54. The molecule has 0 heterocycles. The van der Waals surface area contributed by atoms with Crippen LogP contribution in [-0.2, 0) is 9.53 Å². The maximum atomic E-state index is 10.9. The number of carbonyl (C=O) groups is 1. The van der Waals surface area contributed by atoms with Crippen LogP contribution >= 0.6 is 0 Å². The van der Waals surface area contributed by atoms with Gasteiger partial charge in [0.25, 0.3) is 0 Å². The first-order valence-corrected chi connectivity index (χ1v) is 3.58. The molecule has 0 fully saturated rings. The van der Waals surface area contributed by atoms with Gasteiger partial charge in [0.2, 0.25) is 0 Å². The van der Waals surface area contributed by atoms with E-state index >= 15 is 0 Å². The molecule has 0 aliphatic carbocycles. The van der Waals surface area contributed by atoms with Gasteiger partial charge >= 0.3 is 5.97 Å². The molecule has 0 rings (SSSR count). The third-order valence-electron chi connectivity index (χ3n) is 1.65. The Kier molecular flexibility index (Phi) is 4.54. The van der Waals surface area contributed by atoms with Gasteiger partial charge in [-0.2, -0.15) is 0 Å². The SMILES string of the molecule is COC(=O)C(C)=C(C)CCN. The molecule has 0 aliphatic rings. The molecule has 0 bridgehead atoms. The monoisotopic (exact) mass is 157 g/mol. The summed E-state index contributed by atoms with van der Waals surface area (Å²) in [5, 5.41) is 0. The molecule has 0 aromatic heterocycles. The normalized spacial score (nSPS) is 12.4. The minimum atomic E-state index is -0.268. The summed E-state index contributed by atoms with van der Waals surface area (Å²) in [7, 11) is 1.38. The highest BCUT2D eigenvalue weighted by Gasteiger charge is 2.05. The zero-order chi connectivity index (χ0) is 8.85. The highest BCUT2D eigenvalue weighted by atomic mass is 16.5. The van der Waals surface area contributed by atoms with Crippen molar-refractivity contribution in [1.29, 1.82) is 0 Å². The van der Waals surface area contributed by atoms with Crippen LogP contribution < -0.4 is 5.73 Å². The molecular weight excluding hydrogens is 142 g/mol. The third kappa shape index (κ3) is 3.18. The van der Waals surface area contributed by atoms with Crippen LogP contribution in [0.5, 0.6) is 0 Å². The largest absolute Gasteiger partial charge is 0.466 e. The number of carbonyl (C=O) groups excluding carboxylic acids is 1. The highest BCUT2D eigenvalue weighted by molar-refractivity contribution is 5.88. The Hall–Kier alpha value is -0.830. The maximum absolute atomic E-state index is 10.9. The molecule has 0 saturated carbocycles. The number of ether oxygens (including phenoxy) is 1. The molecule has 0 atom stereocenters. The lowest BCUT2D eigenvalue weighted by Crippen LogP contribution is -2.06. The minimum absolute atomic E-state index is 0.268. The van der Waals surface area contributed by atoms with Crippen LogP contribution in [0.4, 0.5) is 0 Å². The number of methoxy groups -OCH3 is 1. The molecule has 0 saturated heterocycles. The highest BCUT2D eigenvalue weighted by Crippen LogP contribution is 2.07. The van der Waals surface area contributed by atoms with Crippen molar-refractivity contribution in [3.8, 4) is 0 Å². The van der Waals surface area contributed by atoms with Crippen molar-refractivity contribution < 1.29 is 9.53 Å². The summed E-state index contributed by atoms with van der Waals surface area (Å²) in [4.78, 5) is 10.9. The van der Waals surface area contributed by atoms with Crippen molar-refractivity contribution in [2.45, 2.75) is 20.3 Å². The molecule has 0 unspecified atom stereocenters. The average molecular weight is 157 g/mol. The molecule has 2 N–H and O–H groups in total. The summed E-state index contributed by atoms with van der Waals surface area (Å²) in [5.41, 5.74) is 6.99. The Labute approximate surface area is 67.2 Å². The van der Waals surface area contributed by atoms with Gasteiger partial charge in [0, 0.05) is 5.57 Å². The van der Waals surface area contributed by atoms with Crippen LogP contribution in [0.2, 0.25) is 0 Å². The lowest BCUT2D eigenvalue weighted by molar-refractivity contribution is -0.136. The van der Waals surface area contributed by atoms with E-state index in [1.165, 1.54) is 7.11 Å². The molecule has 11 heavy (non-hydrogen) atoms. The van der Waals surface area contributed by atoms with Gasteiger partial charge in [0.15, 0.2) is 0 Å². The quantitative estimate of drug-likeness (QED) is 0.488. The molecular formula is C8H15NO2. The summed E-state index contributed by atoms with van der Waals surface area (Å²) in [6.45, 7) is 4.20. The van der Waals surface area contributed by atoms with E-state index in [0.29, 0.717) is 12.1 Å². The van der Waals surface area contributed by atoms with Gasteiger partial charge in [-0.15, -0.1) is 0 Å². The molecule has 0 radical (unpaired) electrons. The first-order chi connectivity index (χ1) is 5.13. The minimum Gasteiger partial charge on any atom is -0.466 e. The van der Waals surface area contributed by atoms with Gasteiger partial charge in [0.05, 0.1) is 7.11 Å². The van der Waals surface area contributed by atoms with Gasteiger partial charge < -0.3 is 10.5 Å². The topological polar surface area (TPSA) is 52.3 Å². The van der Waals surface area contributed by atoms with E-state index in [1.54, 1.807) is 6.92 Å². The number of hydrogen-bond acceptors (Lipinski definition) is 3. The van der Waals surface area contributed by atoms with Crippen LogP contribution in [-0.4, -0.2) is 19.6 Å². The Balaban J connectivity index is 4.26. The second-order valence-electron chi connectivity index (χ2n) is 2.44. The summed E-state index contributed by atoms with van der Waals surface area (Å²) in [6.07, 6.45) is 0.751. The van der Waals surface area contributed by atoms with Gasteiger partial charge in [0.1, 0.15) is 0 Å². The first-order valence-electron chi connectivity index (χ1n) is 3.58. The standard InChI is InChI=1S/C8H15NO2/c1-6(4-5-9)7(2)8(10)11-3/h4-5,9H2,1-3H3. The van der Waals surface area contributed by atoms with Crippen molar-refractivity contribution in [3.63, 3.8) is 0 Å². The van der Waals surface area contributed by atoms with Gasteiger partial charge in [-0.3, -0.25) is 0 Å². The van der Waals surface area contributed by atoms with Crippen LogP contribution in [0.15, 0.2) is 11.1 Å². The second kappa shape index (κ2) is 4.91. The van der Waals surface area contributed by atoms with E-state index in [-0.39, 0.29) is 5.97 Å². The van der Waals surface area contributed by atoms with Crippen LogP contribution in [0.3, 0.4) is 0 Å². The first kappa shape index (κ1) is 10.2. The number of hydrogen-bond donors (Lipinski definition) is 1. The molecule has 0 amide bonds. The van der Waals surface area contributed by atoms with Gasteiger partial charge in [-0.05, 0) is 26.8 Å². The maximum Gasteiger partial charge on any atom is 0.333 e.